The highest BCUT2D eigenvalue weighted by molar-refractivity contribution is 7.47. The van der Waals surface area contributed by atoms with E-state index in [0.29, 0.717) is 23.9 Å². The number of carbonyl (C=O) groups is 2. The molecule has 53 heavy (non-hydrogen) atoms. The standard InChI is InChI=1S/C43H82NO8P/c1-6-8-10-12-14-16-18-19-20-21-22-23-24-25-26-28-30-32-34-36-43(46)52-41(40-51-53(47,48)50-38-37-44(3,4)5)39-49-42(45)35-33-31-29-27-17-15-13-11-9-7-2/h14,16,19-20,41H,6-13,15,17-18,21-40H2,1-5H3/p+1/b16-14-,20-19-/t41-/m1/s1. The molecule has 1 N–H and O–H groups in total. The van der Waals surface area contributed by atoms with Crippen LogP contribution in [-0.4, -0.2) is 74.9 Å². The van der Waals surface area contributed by atoms with Gasteiger partial charge in [-0.15, -0.1) is 0 Å². The molecule has 0 aromatic heterocycles. The van der Waals surface area contributed by atoms with Gasteiger partial charge >= 0.3 is 19.8 Å². The van der Waals surface area contributed by atoms with Crippen molar-refractivity contribution in [3.05, 3.63) is 24.3 Å². The molecule has 2 atom stereocenters. The highest BCUT2D eigenvalue weighted by Crippen LogP contribution is 2.43. The van der Waals surface area contributed by atoms with Gasteiger partial charge in [-0.1, -0.05) is 154 Å². The Balaban J connectivity index is 4.31. The van der Waals surface area contributed by atoms with Crippen LogP contribution in [0.2, 0.25) is 0 Å². The number of likely N-dealkylation sites (N-methyl/N-ethyl adjacent to an activating group) is 1. The Labute approximate surface area is 326 Å². The smallest absolute Gasteiger partial charge is 0.462 e. The summed E-state index contributed by atoms with van der Waals surface area (Å²) in [5.41, 5.74) is 0. The van der Waals surface area contributed by atoms with E-state index in [1.54, 1.807) is 0 Å². The summed E-state index contributed by atoms with van der Waals surface area (Å²) < 4.78 is 34.2. The van der Waals surface area contributed by atoms with E-state index in [1.807, 2.05) is 21.1 Å². The van der Waals surface area contributed by atoms with E-state index in [2.05, 4.69) is 38.2 Å². The Bertz CT molecular complexity index is 964. The molecule has 0 aromatic carbocycles. The lowest BCUT2D eigenvalue weighted by atomic mass is 10.1. The van der Waals surface area contributed by atoms with Gasteiger partial charge in [0.15, 0.2) is 6.10 Å². The van der Waals surface area contributed by atoms with Crippen molar-refractivity contribution >= 4 is 19.8 Å². The molecule has 0 rings (SSSR count). The molecule has 0 aliphatic heterocycles. The monoisotopic (exact) mass is 773 g/mol. The van der Waals surface area contributed by atoms with E-state index in [4.69, 9.17) is 18.5 Å². The van der Waals surface area contributed by atoms with Crippen molar-refractivity contribution in [1.29, 1.82) is 0 Å². The van der Waals surface area contributed by atoms with Crippen molar-refractivity contribution in [3.63, 3.8) is 0 Å². The number of carbonyl (C=O) groups excluding carboxylic acids is 2. The van der Waals surface area contributed by atoms with Crippen LogP contribution in [0.3, 0.4) is 0 Å². The van der Waals surface area contributed by atoms with Crippen LogP contribution in [0.15, 0.2) is 24.3 Å². The molecule has 0 fully saturated rings. The van der Waals surface area contributed by atoms with Gasteiger partial charge in [-0.3, -0.25) is 18.6 Å². The average Bonchev–Trinajstić information content (AvgIpc) is 3.10. The number of hydrogen-bond acceptors (Lipinski definition) is 7. The van der Waals surface area contributed by atoms with E-state index in [-0.39, 0.29) is 25.6 Å². The van der Waals surface area contributed by atoms with Crippen LogP contribution in [0.1, 0.15) is 187 Å². The number of unbranched alkanes of at least 4 members (excludes halogenated alkanes) is 21. The van der Waals surface area contributed by atoms with E-state index in [0.717, 1.165) is 44.9 Å². The van der Waals surface area contributed by atoms with Gasteiger partial charge in [-0.2, -0.15) is 0 Å². The Morgan fingerprint density at radius 3 is 1.53 bits per heavy atom. The molecule has 0 amide bonds. The maximum Gasteiger partial charge on any atom is 0.472 e. The molecule has 0 spiro atoms. The van der Waals surface area contributed by atoms with Crippen molar-refractivity contribution in [2.45, 2.75) is 193 Å². The third-order valence-corrected chi connectivity index (χ3v) is 10.2. The SMILES string of the molecule is CCCCC/C=C\C/C=C\CCCCCCCCCCCC(=O)O[C@H](COC(=O)CCCCCCCCCCCC)COP(=O)(O)OCC[N+](C)(C)C. The molecule has 0 bridgehead atoms. The second-order valence-corrected chi connectivity index (χ2v) is 17.2. The van der Waals surface area contributed by atoms with Crippen LogP contribution in [-0.2, 0) is 32.7 Å². The zero-order valence-electron chi connectivity index (χ0n) is 35.0. The minimum Gasteiger partial charge on any atom is -0.462 e. The predicted octanol–water partition coefficient (Wildman–Crippen LogP) is 12.0. The maximum atomic E-state index is 12.7. The van der Waals surface area contributed by atoms with E-state index in [9.17, 15) is 19.0 Å². The Kier molecular flexibility index (Phi) is 35.1. The van der Waals surface area contributed by atoms with Gasteiger partial charge in [0.1, 0.15) is 19.8 Å². The van der Waals surface area contributed by atoms with Crippen LogP contribution in [0, 0.1) is 0 Å². The molecule has 312 valence electrons. The molecule has 9 nitrogen and oxygen atoms in total. The zero-order chi connectivity index (χ0) is 39.3. The lowest BCUT2D eigenvalue weighted by Crippen LogP contribution is -2.37. The van der Waals surface area contributed by atoms with Crippen molar-refractivity contribution in [1.82, 2.24) is 0 Å². The molecular formula is C43H83NO8P+. The average molecular weight is 773 g/mol. The van der Waals surface area contributed by atoms with Crippen molar-refractivity contribution in [2.75, 3.05) is 47.5 Å². The zero-order valence-corrected chi connectivity index (χ0v) is 35.9. The highest BCUT2D eigenvalue weighted by Gasteiger charge is 2.27. The number of allylic oxidation sites excluding steroid dienone is 4. The minimum atomic E-state index is -4.37. The first-order valence-electron chi connectivity index (χ1n) is 21.6. The summed E-state index contributed by atoms with van der Waals surface area (Å²) in [6.07, 6.45) is 37.9. The van der Waals surface area contributed by atoms with Crippen molar-refractivity contribution in [3.8, 4) is 0 Å². The summed E-state index contributed by atoms with van der Waals surface area (Å²) in [5.74, 6) is -0.801. The lowest BCUT2D eigenvalue weighted by molar-refractivity contribution is -0.870. The third kappa shape index (κ3) is 40.0. The first kappa shape index (κ1) is 51.5. The van der Waals surface area contributed by atoms with Crippen LogP contribution in [0.25, 0.3) is 0 Å². The lowest BCUT2D eigenvalue weighted by Gasteiger charge is -2.24. The Morgan fingerprint density at radius 2 is 1.02 bits per heavy atom. The van der Waals surface area contributed by atoms with Gasteiger partial charge in [-0.25, -0.2) is 4.57 Å². The number of ether oxygens (including phenoxy) is 2. The molecular weight excluding hydrogens is 689 g/mol. The molecule has 0 saturated carbocycles. The van der Waals surface area contributed by atoms with Crippen LogP contribution < -0.4 is 0 Å². The molecule has 0 aliphatic rings. The number of rotatable bonds is 39. The third-order valence-electron chi connectivity index (χ3n) is 9.23. The second-order valence-electron chi connectivity index (χ2n) is 15.7. The summed E-state index contributed by atoms with van der Waals surface area (Å²) in [4.78, 5) is 35.3. The number of phosphoric ester groups is 1. The Morgan fingerprint density at radius 1 is 0.585 bits per heavy atom. The summed E-state index contributed by atoms with van der Waals surface area (Å²) in [5, 5.41) is 0. The first-order valence-corrected chi connectivity index (χ1v) is 23.1. The summed E-state index contributed by atoms with van der Waals surface area (Å²) >= 11 is 0. The van der Waals surface area contributed by atoms with Crippen LogP contribution in [0.5, 0.6) is 0 Å². The topological polar surface area (TPSA) is 108 Å². The van der Waals surface area contributed by atoms with Crippen molar-refractivity contribution < 1.29 is 42.1 Å². The van der Waals surface area contributed by atoms with E-state index < -0.39 is 26.5 Å². The fraction of sp³-hybridized carbons (Fsp3) is 0.860. The normalized spacial score (nSPS) is 13.8. The molecule has 0 saturated heterocycles. The number of nitrogens with zero attached hydrogens (tertiary/aromatic N) is 1. The fourth-order valence-electron chi connectivity index (χ4n) is 5.81. The largest absolute Gasteiger partial charge is 0.472 e. The molecule has 0 aromatic rings. The number of esters is 2. The molecule has 0 aliphatic carbocycles. The highest BCUT2D eigenvalue weighted by atomic mass is 31.2. The second kappa shape index (κ2) is 36.1. The van der Waals surface area contributed by atoms with Crippen molar-refractivity contribution in [2.24, 2.45) is 0 Å². The van der Waals surface area contributed by atoms with E-state index >= 15 is 0 Å². The number of hydrogen-bond donors (Lipinski definition) is 1. The first-order chi connectivity index (χ1) is 25.5. The van der Waals surface area contributed by atoms with Gasteiger partial charge < -0.3 is 18.9 Å². The summed E-state index contributed by atoms with van der Waals surface area (Å²) in [6.45, 7) is 4.38. The van der Waals surface area contributed by atoms with Gasteiger partial charge in [0, 0.05) is 12.8 Å². The molecule has 1 unspecified atom stereocenters. The van der Waals surface area contributed by atoms with Crippen LogP contribution >= 0.6 is 7.82 Å². The molecule has 0 radical (unpaired) electrons. The number of quaternary nitrogens is 1. The number of phosphoric acid groups is 1. The summed E-state index contributed by atoms with van der Waals surface area (Å²) in [6, 6.07) is 0. The minimum absolute atomic E-state index is 0.0325. The maximum absolute atomic E-state index is 12.7. The van der Waals surface area contributed by atoms with Gasteiger partial charge in [0.2, 0.25) is 0 Å². The van der Waals surface area contributed by atoms with E-state index in [1.165, 1.54) is 109 Å². The fourth-order valence-corrected chi connectivity index (χ4v) is 6.55. The van der Waals surface area contributed by atoms with Gasteiger partial charge in [0.25, 0.3) is 0 Å². The quantitative estimate of drug-likeness (QED) is 0.0216. The Hall–Kier alpha value is -1.51. The van der Waals surface area contributed by atoms with Gasteiger partial charge in [0.05, 0.1) is 27.7 Å². The molecule has 0 heterocycles. The van der Waals surface area contributed by atoms with Gasteiger partial charge in [-0.05, 0) is 44.9 Å². The molecule has 10 heteroatoms. The predicted molar refractivity (Wildman–Crippen MR) is 220 cm³/mol. The van der Waals surface area contributed by atoms with Crippen LogP contribution in [0.4, 0.5) is 0 Å². The summed E-state index contributed by atoms with van der Waals surface area (Å²) in [7, 11) is 1.48.